The second-order valence-corrected chi connectivity index (χ2v) is 5.10. The van der Waals surface area contributed by atoms with Crippen molar-refractivity contribution >= 4 is 5.91 Å². The molecule has 0 aromatic rings. The van der Waals surface area contributed by atoms with Crippen LogP contribution in [0.1, 0.15) is 33.6 Å². The first-order chi connectivity index (χ1) is 7.49. The zero-order valence-corrected chi connectivity index (χ0v) is 10.6. The van der Waals surface area contributed by atoms with E-state index in [9.17, 15) is 9.90 Å². The zero-order valence-electron chi connectivity index (χ0n) is 10.6. The SMILES string of the molecule is CC(C)NC(=O)CN1CCCC(C(C)O)C1. The smallest absolute Gasteiger partial charge is 0.234 e. The van der Waals surface area contributed by atoms with Gasteiger partial charge in [-0.1, -0.05) is 0 Å². The summed E-state index contributed by atoms with van der Waals surface area (Å²) < 4.78 is 0. The van der Waals surface area contributed by atoms with Crippen LogP contribution >= 0.6 is 0 Å². The lowest BCUT2D eigenvalue weighted by Crippen LogP contribution is -2.45. The van der Waals surface area contributed by atoms with Crippen molar-refractivity contribution in [3.05, 3.63) is 0 Å². The Bertz CT molecular complexity index is 229. The second-order valence-electron chi connectivity index (χ2n) is 5.10. The molecule has 2 N–H and O–H groups in total. The predicted octanol–water partition coefficient (Wildman–Crippen LogP) is 0.604. The minimum atomic E-state index is -0.268. The number of rotatable bonds is 4. The molecular weight excluding hydrogens is 204 g/mol. The van der Waals surface area contributed by atoms with E-state index in [1.165, 1.54) is 0 Å². The van der Waals surface area contributed by atoms with Crippen LogP contribution in [0.15, 0.2) is 0 Å². The number of hydrogen-bond acceptors (Lipinski definition) is 3. The molecule has 1 heterocycles. The average Bonchev–Trinajstić information content (AvgIpc) is 2.16. The molecule has 0 saturated carbocycles. The summed E-state index contributed by atoms with van der Waals surface area (Å²) in [6.07, 6.45) is 1.88. The Morgan fingerprint density at radius 2 is 2.19 bits per heavy atom. The van der Waals surface area contributed by atoms with Gasteiger partial charge >= 0.3 is 0 Å². The highest BCUT2D eigenvalue weighted by Gasteiger charge is 2.24. The van der Waals surface area contributed by atoms with Gasteiger partial charge in [-0.15, -0.1) is 0 Å². The van der Waals surface area contributed by atoms with E-state index in [1.54, 1.807) is 0 Å². The standard InChI is InChI=1S/C12H24N2O2/c1-9(2)13-12(16)8-14-6-4-5-11(7-14)10(3)15/h9-11,15H,4-8H2,1-3H3,(H,13,16). The summed E-state index contributed by atoms with van der Waals surface area (Å²) in [7, 11) is 0. The predicted molar refractivity (Wildman–Crippen MR) is 64.1 cm³/mol. The molecule has 16 heavy (non-hydrogen) atoms. The van der Waals surface area contributed by atoms with Gasteiger partial charge in [-0.2, -0.15) is 0 Å². The van der Waals surface area contributed by atoms with E-state index < -0.39 is 0 Å². The topological polar surface area (TPSA) is 52.6 Å². The summed E-state index contributed by atoms with van der Waals surface area (Å²) in [6, 6.07) is 0.199. The molecule has 0 spiro atoms. The van der Waals surface area contributed by atoms with Crippen molar-refractivity contribution < 1.29 is 9.90 Å². The Morgan fingerprint density at radius 1 is 1.50 bits per heavy atom. The number of aliphatic hydroxyl groups is 1. The molecular formula is C12H24N2O2. The molecule has 1 amide bonds. The van der Waals surface area contributed by atoms with Gasteiger partial charge < -0.3 is 10.4 Å². The van der Waals surface area contributed by atoms with Gasteiger partial charge in [0.25, 0.3) is 0 Å². The van der Waals surface area contributed by atoms with Crippen molar-refractivity contribution in [2.45, 2.75) is 45.8 Å². The van der Waals surface area contributed by atoms with Gasteiger partial charge in [0.1, 0.15) is 0 Å². The zero-order chi connectivity index (χ0) is 12.1. The average molecular weight is 228 g/mol. The maximum Gasteiger partial charge on any atom is 0.234 e. The molecule has 1 aliphatic rings. The first kappa shape index (κ1) is 13.5. The molecule has 0 aromatic heterocycles. The molecule has 4 nitrogen and oxygen atoms in total. The molecule has 1 saturated heterocycles. The lowest BCUT2D eigenvalue weighted by Gasteiger charge is -2.33. The summed E-state index contributed by atoms with van der Waals surface area (Å²) in [5.41, 5.74) is 0. The monoisotopic (exact) mass is 228 g/mol. The number of likely N-dealkylation sites (tertiary alicyclic amines) is 1. The van der Waals surface area contributed by atoms with Crippen molar-refractivity contribution in [2.75, 3.05) is 19.6 Å². The Kier molecular flexibility index (Phi) is 5.22. The number of nitrogens with one attached hydrogen (secondary N) is 1. The maximum atomic E-state index is 11.6. The fourth-order valence-electron chi connectivity index (χ4n) is 2.20. The molecule has 4 heteroatoms. The van der Waals surface area contributed by atoms with Gasteiger partial charge in [-0.3, -0.25) is 9.69 Å². The van der Waals surface area contributed by atoms with Crippen molar-refractivity contribution in [2.24, 2.45) is 5.92 Å². The highest BCUT2D eigenvalue weighted by atomic mass is 16.3. The van der Waals surface area contributed by atoms with Crippen molar-refractivity contribution in [3.63, 3.8) is 0 Å². The molecule has 2 atom stereocenters. The Hall–Kier alpha value is -0.610. The lowest BCUT2D eigenvalue weighted by atomic mass is 9.93. The van der Waals surface area contributed by atoms with Gasteiger partial charge in [-0.25, -0.2) is 0 Å². The molecule has 0 aliphatic carbocycles. The quantitative estimate of drug-likeness (QED) is 0.741. The number of carbonyl (C=O) groups excluding carboxylic acids is 1. The van der Waals surface area contributed by atoms with Crippen LogP contribution in [0.4, 0.5) is 0 Å². The molecule has 0 aromatic carbocycles. The van der Waals surface area contributed by atoms with E-state index in [1.807, 2.05) is 20.8 Å². The minimum absolute atomic E-state index is 0.0845. The molecule has 1 aliphatic heterocycles. The van der Waals surface area contributed by atoms with E-state index in [-0.39, 0.29) is 18.1 Å². The van der Waals surface area contributed by atoms with Crippen LogP contribution in [-0.2, 0) is 4.79 Å². The second kappa shape index (κ2) is 6.21. The first-order valence-electron chi connectivity index (χ1n) is 6.19. The minimum Gasteiger partial charge on any atom is -0.393 e. The van der Waals surface area contributed by atoms with E-state index in [2.05, 4.69) is 10.2 Å². The third-order valence-corrected chi connectivity index (χ3v) is 3.04. The van der Waals surface area contributed by atoms with Gasteiger partial charge in [-0.05, 0) is 46.1 Å². The van der Waals surface area contributed by atoms with Gasteiger partial charge in [0.15, 0.2) is 0 Å². The van der Waals surface area contributed by atoms with Crippen molar-refractivity contribution in [3.8, 4) is 0 Å². The lowest BCUT2D eigenvalue weighted by molar-refractivity contribution is -0.123. The molecule has 94 valence electrons. The van der Waals surface area contributed by atoms with Crippen LogP contribution in [-0.4, -0.2) is 47.7 Å². The summed E-state index contributed by atoms with van der Waals surface area (Å²) in [5, 5.41) is 12.4. The molecule has 1 rings (SSSR count). The van der Waals surface area contributed by atoms with Crippen LogP contribution in [0.25, 0.3) is 0 Å². The molecule has 2 unspecified atom stereocenters. The van der Waals surface area contributed by atoms with Crippen molar-refractivity contribution in [1.82, 2.24) is 10.2 Å². The van der Waals surface area contributed by atoms with E-state index in [0.717, 1.165) is 25.9 Å². The van der Waals surface area contributed by atoms with Crippen LogP contribution < -0.4 is 5.32 Å². The summed E-state index contributed by atoms with van der Waals surface area (Å²) in [4.78, 5) is 13.7. The largest absolute Gasteiger partial charge is 0.393 e. The summed E-state index contributed by atoms with van der Waals surface area (Å²) >= 11 is 0. The normalized spacial score (nSPS) is 24.4. The van der Waals surface area contributed by atoms with E-state index in [0.29, 0.717) is 12.5 Å². The first-order valence-corrected chi connectivity index (χ1v) is 6.19. The van der Waals surface area contributed by atoms with Crippen LogP contribution in [0.2, 0.25) is 0 Å². The Balaban J connectivity index is 2.34. The van der Waals surface area contributed by atoms with Gasteiger partial charge in [0.2, 0.25) is 5.91 Å². The number of piperidine rings is 1. The number of hydrogen-bond donors (Lipinski definition) is 2. The molecule has 0 radical (unpaired) electrons. The third-order valence-electron chi connectivity index (χ3n) is 3.04. The molecule has 1 fully saturated rings. The fourth-order valence-corrected chi connectivity index (χ4v) is 2.20. The van der Waals surface area contributed by atoms with E-state index >= 15 is 0 Å². The molecule has 0 bridgehead atoms. The highest BCUT2D eigenvalue weighted by molar-refractivity contribution is 5.78. The third kappa shape index (κ3) is 4.49. The summed E-state index contributed by atoms with van der Waals surface area (Å²) in [6.45, 7) is 8.03. The Labute approximate surface area is 98.0 Å². The highest BCUT2D eigenvalue weighted by Crippen LogP contribution is 2.19. The van der Waals surface area contributed by atoms with Crippen LogP contribution in [0, 0.1) is 5.92 Å². The van der Waals surface area contributed by atoms with Crippen LogP contribution in [0.5, 0.6) is 0 Å². The maximum absolute atomic E-state index is 11.6. The Morgan fingerprint density at radius 3 is 2.75 bits per heavy atom. The fraction of sp³-hybridized carbons (Fsp3) is 0.917. The number of nitrogens with zero attached hydrogens (tertiary/aromatic N) is 1. The van der Waals surface area contributed by atoms with Gasteiger partial charge in [0, 0.05) is 12.6 Å². The summed E-state index contributed by atoms with van der Waals surface area (Å²) in [5.74, 6) is 0.404. The number of carbonyl (C=O) groups is 1. The van der Waals surface area contributed by atoms with Crippen molar-refractivity contribution in [1.29, 1.82) is 0 Å². The van der Waals surface area contributed by atoms with E-state index in [4.69, 9.17) is 0 Å². The van der Waals surface area contributed by atoms with Crippen LogP contribution in [0.3, 0.4) is 0 Å². The number of aliphatic hydroxyl groups excluding tert-OH is 1. The number of amides is 1. The van der Waals surface area contributed by atoms with Gasteiger partial charge in [0.05, 0.1) is 12.6 Å².